The Morgan fingerprint density at radius 1 is 0.417 bits per heavy atom. The Morgan fingerprint density at radius 2 is 0.694 bits per heavy atom. The summed E-state index contributed by atoms with van der Waals surface area (Å²) in [6.07, 6.45) is 1.46. The molecule has 0 spiro atoms. The number of aromatic nitrogens is 4. The SMILES string of the molecule is ClC1(Cl)CCC(Cl)(Cl)c2nc3cc(-c4ccc5nc6c(nc5c4)C(Cl)(Cl)CCC6(Cl)Cl)ccc3nc21. The molecule has 0 fully saturated rings. The molecule has 0 bridgehead atoms. The Balaban J connectivity index is 1.48. The predicted molar refractivity (Wildman–Crippen MR) is 150 cm³/mol. The van der Waals surface area contributed by atoms with Crippen LogP contribution in [0.25, 0.3) is 33.2 Å². The number of halogens is 8. The number of hydrogen-bond donors (Lipinski definition) is 0. The van der Waals surface area contributed by atoms with Crippen LogP contribution in [0.4, 0.5) is 0 Å². The largest absolute Gasteiger partial charge is 0.246 e. The van der Waals surface area contributed by atoms with E-state index in [0.29, 0.717) is 70.5 Å². The molecule has 0 N–H and O–H groups in total. The van der Waals surface area contributed by atoms with Gasteiger partial charge in [-0.3, -0.25) is 0 Å². The van der Waals surface area contributed by atoms with Crippen LogP contribution in [0.3, 0.4) is 0 Å². The van der Waals surface area contributed by atoms with Crippen molar-refractivity contribution in [2.45, 2.75) is 43.0 Å². The second kappa shape index (κ2) is 8.47. The molecule has 2 heterocycles. The van der Waals surface area contributed by atoms with E-state index >= 15 is 0 Å². The molecule has 4 nitrogen and oxygen atoms in total. The van der Waals surface area contributed by atoms with E-state index < -0.39 is 17.3 Å². The van der Waals surface area contributed by atoms with E-state index in [1.807, 2.05) is 36.4 Å². The minimum absolute atomic E-state index is 0.359. The summed E-state index contributed by atoms with van der Waals surface area (Å²) >= 11 is 52.2. The van der Waals surface area contributed by atoms with Gasteiger partial charge >= 0.3 is 0 Å². The molecule has 4 aromatic rings. The summed E-state index contributed by atoms with van der Waals surface area (Å²) in [5.41, 5.74) is 5.71. The molecule has 6 rings (SSSR count). The highest BCUT2D eigenvalue weighted by atomic mass is 35.5. The quantitative estimate of drug-likeness (QED) is 0.194. The molecule has 36 heavy (non-hydrogen) atoms. The first-order valence-corrected chi connectivity index (χ1v) is 14.0. The number of fused-ring (bicyclic) bond motifs is 4. The van der Waals surface area contributed by atoms with Crippen molar-refractivity contribution in [3.63, 3.8) is 0 Å². The van der Waals surface area contributed by atoms with Crippen LogP contribution >= 0.6 is 92.8 Å². The summed E-state index contributed by atoms with van der Waals surface area (Å²) in [6, 6.07) is 11.3. The van der Waals surface area contributed by atoms with Crippen LogP contribution in [-0.2, 0) is 17.3 Å². The number of hydrogen-bond acceptors (Lipinski definition) is 4. The molecule has 186 valence electrons. The average Bonchev–Trinajstić information content (AvgIpc) is 2.83. The minimum Gasteiger partial charge on any atom is -0.246 e. The highest BCUT2D eigenvalue weighted by molar-refractivity contribution is 6.52. The Morgan fingerprint density at radius 3 is 1.00 bits per heavy atom. The van der Waals surface area contributed by atoms with Crippen LogP contribution in [0.2, 0.25) is 0 Å². The summed E-state index contributed by atoms with van der Waals surface area (Å²) in [5, 5.41) is 0. The zero-order chi connectivity index (χ0) is 25.7. The second-order valence-electron chi connectivity index (χ2n) is 9.07. The van der Waals surface area contributed by atoms with E-state index in [1.54, 1.807) is 0 Å². The number of nitrogens with zero attached hydrogens (tertiary/aromatic N) is 4. The maximum Gasteiger partial charge on any atom is 0.161 e. The summed E-state index contributed by atoms with van der Waals surface area (Å²) in [6.45, 7) is 0. The van der Waals surface area contributed by atoms with Gasteiger partial charge in [0.2, 0.25) is 0 Å². The van der Waals surface area contributed by atoms with Crippen LogP contribution in [0.5, 0.6) is 0 Å². The monoisotopic (exact) mass is 638 g/mol. The predicted octanol–water partition coefficient (Wildman–Crippen LogP) is 9.35. The lowest BCUT2D eigenvalue weighted by Gasteiger charge is -2.33. The molecule has 0 unspecified atom stereocenters. The first-order valence-electron chi connectivity index (χ1n) is 10.9. The lowest BCUT2D eigenvalue weighted by atomic mass is 9.97. The van der Waals surface area contributed by atoms with Gasteiger partial charge < -0.3 is 0 Å². The number of benzene rings is 2. The summed E-state index contributed by atoms with van der Waals surface area (Å²) in [4.78, 5) is 18.7. The summed E-state index contributed by atoms with van der Waals surface area (Å²) in [7, 11) is 0. The van der Waals surface area contributed by atoms with E-state index in [0.717, 1.165) is 11.1 Å². The van der Waals surface area contributed by atoms with Crippen molar-refractivity contribution in [2.24, 2.45) is 0 Å². The topological polar surface area (TPSA) is 51.6 Å². The van der Waals surface area contributed by atoms with Crippen LogP contribution in [0.1, 0.15) is 48.5 Å². The van der Waals surface area contributed by atoms with Crippen LogP contribution < -0.4 is 0 Å². The molecule has 2 aromatic heterocycles. The smallest absolute Gasteiger partial charge is 0.161 e. The van der Waals surface area contributed by atoms with Crippen molar-refractivity contribution in [1.82, 2.24) is 19.9 Å². The van der Waals surface area contributed by atoms with E-state index in [2.05, 4.69) is 9.97 Å². The number of alkyl halides is 8. The molecular weight excluding hydrogens is 628 g/mol. The second-order valence-corrected chi connectivity index (χ2v) is 15.0. The van der Waals surface area contributed by atoms with Gasteiger partial charge in [-0.25, -0.2) is 19.9 Å². The van der Waals surface area contributed by atoms with Gasteiger partial charge in [0, 0.05) is 0 Å². The van der Waals surface area contributed by atoms with Gasteiger partial charge in [0.25, 0.3) is 0 Å². The zero-order valence-corrected chi connectivity index (χ0v) is 24.2. The van der Waals surface area contributed by atoms with E-state index in [-0.39, 0.29) is 0 Å². The Bertz CT molecular complexity index is 1450. The van der Waals surface area contributed by atoms with Gasteiger partial charge in [-0.1, -0.05) is 105 Å². The van der Waals surface area contributed by atoms with Gasteiger partial charge in [0.15, 0.2) is 17.3 Å². The Hall–Kier alpha value is -0.560. The number of rotatable bonds is 1. The van der Waals surface area contributed by atoms with Crippen LogP contribution in [0, 0.1) is 0 Å². The van der Waals surface area contributed by atoms with Gasteiger partial charge in [0.05, 0.1) is 22.1 Å². The molecule has 0 aliphatic heterocycles. The van der Waals surface area contributed by atoms with E-state index in [9.17, 15) is 0 Å². The fraction of sp³-hybridized carbons (Fsp3) is 0.333. The molecule has 2 aliphatic rings. The maximum atomic E-state index is 6.54. The van der Waals surface area contributed by atoms with Crippen molar-refractivity contribution in [1.29, 1.82) is 0 Å². The van der Waals surface area contributed by atoms with Crippen molar-refractivity contribution < 1.29 is 0 Å². The summed E-state index contributed by atoms with van der Waals surface area (Å²) < 4.78 is -4.87. The normalized spacial score (nSPS) is 21.2. The molecular formula is C24H14Cl8N4. The summed E-state index contributed by atoms with van der Waals surface area (Å²) in [5.74, 6) is 0. The average molecular weight is 642 g/mol. The molecule has 0 saturated heterocycles. The van der Waals surface area contributed by atoms with E-state index in [1.165, 1.54) is 0 Å². The Kier molecular flexibility index (Phi) is 6.05. The van der Waals surface area contributed by atoms with Crippen molar-refractivity contribution in [2.75, 3.05) is 0 Å². The third kappa shape index (κ3) is 4.21. The molecule has 12 heteroatoms. The highest BCUT2D eigenvalue weighted by Crippen LogP contribution is 2.54. The Labute approximate surface area is 246 Å². The molecule has 0 radical (unpaired) electrons. The maximum absolute atomic E-state index is 6.54. The minimum atomic E-state index is -1.23. The highest BCUT2D eigenvalue weighted by Gasteiger charge is 2.47. The van der Waals surface area contributed by atoms with Crippen molar-refractivity contribution in [3.05, 3.63) is 59.2 Å². The third-order valence-corrected chi connectivity index (χ3v) is 9.50. The van der Waals surface area contributed by atoms with Crippen molar-refractivity contribution in [3.8, 4) is 11.1 Å². The first-order chi connectivity index (χ1) is 16.8. The van der Waals surface area contributed by atoms with Crippen LogP contribution in [-0.4, -0.2) is 19.9 Å². The molecule has 2 aliphatic carbocycles. The lowest BCUT2D eigenvalue weighted by molar-refractivity contribution is 0.551. The van der Waals surface area contributed by atoms with Gasteiger partial charge in [-0.15, -0.1) is 0 Å². The van der Waals surface area contributed by atoms with E-state index in [4.69, 9.17) is 103 Å². The van der Waals surface area contributed by atoms with Crippen LogP contribution in [0.15, 0.2) is 36.4 Å². The van der Waals surface area contributed by atoms with Gasteiger partial charge in [-0.05, 0) is 61.1 Å². The first kappa shape index (κ1) is 25.7. The third-order valence-electron chi connectivity index (χ3n) is 6.55. The fourth-order valence-electron chi connectivity index (χ4n) is 4.59. The zero-order valence-electron chi connectivity index (χ0n) is 18.1. The standard InChI is InChI=1S/C24H14Cl8N4/c25-21(26)5-7-23(29,30)19-17(21)33-13-3-1-11(9-15(13)35-19)12-2-4-14-16(10-12)36-20-18(34-14)22(27,28)6-8-24(20,31)32/h1-4,9-10H,5-8H2. The van der Waals surface area contributed by atoms with Crippen molar-refractivity contribution >= 4 is 115 Å². The molecule has 0 atom stereocenters. The molecule has 2 aromatic carbocycles. The molecule has 0 amide bonds. The lowest BCUT2D eigenvalue weighted by Crippen LogP contribution is -2.30. The van der Waals surface area contributed by atoms with Gasteiger partial charge in [-0.2, -0.15) is 0 Å². The fourth-order valence-corrected chi connectivity index (χ4v) is 6.40. The molecule has 0 saturated carbocycles. The van der Waals surface area contributed by atoms with Gasteiger partial charge in [0.1, 0.15) is 22.8 Å².